The van der Waals surface area contributed by atoms with Crippen molar-refractivity contribution < 1.29 is 4.79 Å². The van der Waals surface area contributed by atoms with Gasteiger partial charge in [-0.2, -0.15) is 0 Å². The Morgan fingerprint density at radius 1 is 0.879 bits per heavy atom. The third-order valence-corrected chi connectivity index (χ3v) is 25.0. The molecule has 0 bridgehead atoms. The Balaban J connectivity index is 2.91. The van der Waals surface area contributed by atoms with Gasteiger partial charge in [-0.05, 0) is 0 Å². The fraction of sp³-hybridized carbons (Fsp3) is 0.679. The van der Waals surface area contributed by atoms with Crippen LogP contribution in [-0.4, -0.2) is 55.0 Å². The van der Waals surface area contributed by atoms with Crippen LogP contribution < -0.4 is 8.90 Å². The molecule has 1 heterocycles. The van der Waals surface area contributed by atoms with Gasteiger partial charge in [-0.25, -0.2) is 0 Å². The summed E-state index contributed by atoms with van der Waals surface area (Å²) < 4.78 is 8.13. The van der Waals surface area contributed by atoms with Crippen molar-refractivity contribution in [2.45, 2.75) is 106 Å². The number of carbonyl (C=O) groups excluding carboxylic acids is 1. The molecule has 3 nitrogen and oxygen atoms in total. The van der Waals surface area contributed by atoms with Crippen LogP contribution in [0.1, 0.15) is 73.1 Å². The van der Waals surface area contributed by atoms with Gasteiger partial charge in [0.05, 0.1) is 0 Å². The predicted molar refractivity (Wildman–Crippen MR) is 153 cm³/mol. The molecule has 5 heteroatoms. The van der Waals surface area contributed by atoms with Crippen LogP contribution >= 0.6 is 0 Å². The number of unbranched alkanes of at least 4 members (excludes halogenated alkanes) is 3. The van der Waals surface area contributed by atoms with E-state index in [1.54, 1.807) is 3.58 Å². The normalized spacial score (nSPS) is 12.5. The maximum absolute atomic E-state index is 14.0. The summed E-state index contributed by atoms with van der Waals surface area (Å²) in [6, 6.07) is 9.60. The molecule has 0 aliphatic rings. The standard InChI is InChI=1S/C16H23N2OSi.3C4H9.Sn/c1-6-17(7-2)16(19)18-14-11-9-8-10-13(14)12-15(18)20(3,4)5;3*1-3-4-2;/h8-10,12H,6-7H2,1-5H3;3*1,3-4H2,2H3;. The van der Waals surface area contributed by atoms with E-state index >= 15 is 0 Å². The van der Waals surface area contributed by atoms with Crippen LogP contribution in [0.2, 0.25) is 33.0 Å². The first kappa shape index (κ1) is 28.5. The van der Waals surface area contributed by atoms with Gasteiger partial charge in [0.25, 0.3) is 0 Å². The van der Waals surface area contributed by atoms with E-state index in [9.17, 15) is 4.79 Å². The maximum atomic E-state index is 14.0. The Morgan fingerprint density at radius 3 is 1.82 bits per heavy atom. The molecule has 0 spiro atoms. The van der Waals surface area contributed by atoms with Crippen molar-refractivity contribution in [2.24, 2.45) is 0 Å². The van der Waals surface area contributed by atoms with E-state index in [2.05, 4.69) is 83.1 Å². The van der Waals surface area contributed by atoms with Crippen molar-refractivity contribution in [3.8, 4) is 0 Å². The first-order valence-electron chi connectivity index (χ1n) is 13.6. The van der Waals surface area contributed by atoms with E-state index in [0.717, 1.165) is 13.1 Å². The third-order valence-electron chi connectivity index (χ3n) is 7.42. The number of nitrogens with zero attached hydrogens (tertiary/aromatic N) is 2. The van der Waals surface area contributed by atoms with Gasteiger partial charge in [-0.1, -0.05) is 0 Å². The zero-order valence-electron chi connectivity index (χ0n) is 22.9. The van der Waals surface area contributed by atoms with Gasteiger partial charge in [-0.15, -0.1) is 0 Å². The molecule has 0 saturated heterocycles. The Hall–Kier alpha value is -0.754. The van der Waals surface area contributed by atoms with Crippen LogP contribution in [0.5, 0.6) is 0 Å². The number of amides is 1. The van der Waals surface area contributed by atoms with Crippen molar-refractivity contribution in [2.75, 3.05) is 13.1 Å². The van der Waals surface area contributed by atoms with Crippen LogP contribution in [0.4, 0.5) is 4.79 Å². The average Bonchev–Trinajstić information content (AvgIpc) is 3.20. The van der Waals surface area contributed by atoms with Crippen LogP contribution in [-0.2, 0) is 0 Å². The summed E-state index contributed by atoms with van der Waals surface area (Å²) in [5.74, 6) is 0. The van der Waals surface area contributed by atoms with Gasteiger partial charge < -0.3 is 0 Å². The minimum absolute atomic E-state index is 0.196. The quantitative estimate of drug-likeness (QED) is 0.226. The van der Waals surface area contributed by atoms with E-state index in [4.69, 9.17) is 0 Å². The molecule has 0 unspecified atom stereocenters. The van der Waals surface area contributed by atoms with Crippen molar-refractivity contribution >= 4 is 52.3 Å². The van der Waals surface area contributed by atoms with Crippen molar-refractivity contribution in [1.82, 2.24) is 9.47 Å². The number of rotatable bonds is 13. The number of carbonyl (C=O) groups is 1. The molecule has 33 heavy (non-hydrogen) atoms. The fourth-order valence-corrected chi connectivity index (χ4v) is 23.6. The Kier molecular flexibility index (Phi) is 11.1. The van der Waals surface area contributed by atoms with Gasteiger partial charge in [0.15, 0.2) is 0 Å². The Labute approximate surface area is 209 Å². The first-order valence-corrected chi connectivity index (χ1v) is 24.6. The average molecular weight is 578 g/mol. The van der Waals surface area contributed by atoms with Crippen molar-refractivity contribution in [3.05, 3.63) is 24.3 Å². The molecule has 0 fully saturated rings. The number of benzene rings is 1. The molecule has 0 saturated carbocycles. The Morgan fingerprint density at radius 2 is 1.39 bits per heavy atom. The topological polar surface area (TPSA) is 25.2 Å². The molecule has 0 aliphatic heterocycles. The second kappa shape index (κ2) is 12.8. The fourth-order valence-electron chi connectivity index (χ4n) is 5.40. The van der Waals surface area contributed by atoms with E-state index in [-0.39, 0.29) is 6.03 Å². The molecule has 0 radical (unpaired) electrons. The molecular formula is C28H50N2OSiSn. The number of aromatic nitrogens is 1. The van der Waals surface area contributed by atoms with E-state index in [0.29, 0.717) is 0 Å². The van der Waals surface area contributed by atoms with Crippen molar-refractivity contribution in [3.63, 3.8) is 0 Å². The molecule has 1 aromatic carbocycles. The predicted octanol–water partition coefficient (Wildman–Crippen LogP) is 7.55. The summed E-state index contributed by atoms with van der Waals surface area (Å²) in [7, 11) is -1.71. The summed E-state index contributed by atoms with van der Waals surface area (Å²) in [4.78, 5) is 16.0. The zero-order valence-corrected chi connectivity index (χ0v) is 26.7. The third kappa shape index (κ3) is 6.47. The molecule has 1 aromatic heterocycles. The molecule has 0 N–H and O–H groups in total. The van der Waals surface area contributed by atoms with Crippen LogP contribution in [0.15, 0.2) is 24.3 Å². The van der Waals surface area contributed by atoms with Crippen LogP contribution in [0, 0.1) is 0 Å². The number of fused-ring (bicyclic) bond motifs is 1. The van der Waals surface area contributed by atoms with Gasteiger partial charge in [0.1, 0.15) is 0 Å². The molecule has 2 aromatic rings. The summed E-state index contributed by atoms with van der Waals surface area (Å²) >= 11 is -2.73. The summed E-state index contributed by atoms with van der Waals surface area (Å²) in [6.07, 6.45) is 7.83. The van der Waals surface area contributed by atoms with Crippen molar-refractivity contribution in [1.29, 1.82) is 0 Å². The number of hydrogen-bond acceptors (Lipinski definition) is 1. The number of para-hydroxylation sites is 1. The minimum atomic E-state index is -2.73. The zero-order chi connectivity index (χ0) is 24.6. The SMILES string of the molecule is CCC[CH2][Sn]([CH2]CCC)([CH2]CCC)[c]1cccc2cc([Si](C)(C)C)n(C(=O)N(CC)CC)c12. The van der Waals surface area contributed by atoms with E-state index in [1.807, 2.05) is 4.90 Å². The van der Waals surface area contributed by atoms with E-state index < -0.39 is 26.5 Å². The Bertz CT molecular complexity index is 873. The van der Waals surface area contributed by atoms with E-state index in [1.165, 1.54) is 68.1 Å². The molecule has 0 atom stereocenters. The number of hydrogen-bond donors (Lipinski definition) is 0. The molecule has 2 rings (SSSR count). The van der Waals surface area contributed by atoms with Gasteiger partial charge in [0, 0.05) is 0 Å². The second-order valence-electron chi connectivity index (χ2n) is 10.9. The summed E-state index contributed by atoms with van der Waals surface area (Å²) in [5, 5.41) is 2.60. The molecule has 1 amide bonds. The second-order valence-corrected chi connectivity index (χ2v) is 29.0. The summed E-state index contributed by atoms with van der Waals surface area (Å²) in [6.45, 7) is 19.9. The summed E-state index contributed by atoms with van der Waals surface area (Å²) in [5.41, 5.74) is 1.30. The first-order chi connectivity index (χ1) is 15.7. The van der Waals surface area contributed by atoms with Gasteiger partial charge in [0.2, 0.25) is 0 Å². The van der Waals surface area contributed by atoms with Crippen LogP contribution in [0.3, 0.4) is 0 Å². The molecule has 186 valence electrons. The molecular weight excluding hydrogens is 527 g/mol. The monoisotopic (exact) mass is 578 g/mol. The van der Waals surface area contributed by atoms with Gasteiger partial charge in [-0.3, -0.25) is 0 Å². The van der Waals surface area contributed by atoms with Crippen LogP contribution in [0.25, 0.3) is 10.9 Å². The van der Waals surface area contributed by atoms with Gasteiger partial charge >= 0.3 is 210 Å². The molecule has 0 aliphatic carbocycles.